The summed E-state index contributed by atoms with van der Waals surface area (Å²) >= 11 is 12.8. The van der Waals surface area contributed by atoms with Crippen molar-refractivity contribution >= 4 is 60.1 Å². The molecule has 164 valence electrons. The first-order valence-corrected chi connectivity index (χ1v) is 18.0. The van der Waals surface area contributed by atoms with E-state index in [1.807, 2.05) is 0 Å². The zero-order valence-corrected chi connectivity index (χ0v) is 25.1. The molecule has 0 unspecified atom stereocenters. The van der Waals surface area contributed by atoms with E-state index in [4.69, 9.17) is 20.8 Å². The molecule has 7 heteroatoms. The van der Waals surface area contributed by atoms with Gasteiger partial charge in [-0.05, 0) is 67.4 Å². The molecule has 1 aliphatic carbocycles. The summed E-state index contributed by atoms with van der Waals surface area (Å²) in [6.45, 7) is 23.6. The molecule has 0 aliphatic heterocycles. The molecule has 0 aromatic carbocycles. The summed E-state index contributed by atoms with van der Waals surface area (Å²) in [6.07, 6.45) is 3.08. The molecule has 0 radical (unpaired) electrons. The number of hydrogen-bond acceptors (Lipinski definition) is 2. The highest BCUT2D eigenvalue weighted by molar-refractivity contribution is 9.25. The van der Waals surface area contributed by atoms with Gasteiger partial charge < -0.3 is 9.22 Å². The molecule has 1 aliphatic rings. The first-order chi connectivity index (χ1) is 11.8. The summed E-state index contributed by atoms with van der Waals surface area (Å²) in [4.78, 5) is 0. The summed E-state index contributed by atoms with van der Waals surface area (Å²) in [5.74, 6) is 1.95. The average molecular weight is 567 g/mol. The smallest absolute Gasteiger partial charge is 0.178 e. The minimum absolute atomic E-state index is 0.0921. The molecule has 2 atom stereocenters. The average Bonchev–Trinajstić information content (AvgIpc) is 2.94. The molecule has 0 bridgehead atoms. The number of hydrogen-bond donors (Lipinski definition) is 1. The zero-order valence-electron chi connectivity index (χ0n) is 19.2. The van der Waals surface area contributed by atoms with E-state index < -0.39 is 16.6 Å². The summed E-state index contributed by atoms with van der Waals surface area (Å²) in [5, 5.41) is 9.43. The number of halogens is 3. The zero-order chi connectivity index (χ0) is 21.9. The van der Waals surface area contributed by atoms with Gasteiger partial charge in [-0.2, -0.15) is 0 Å². The van der Waals surface area contributed by atoms with Crippen molar-refractivity contribution in [1.29, 1.82) is 0 Å². The van der Waals surface area contributed by atoms with Gasteiger partial charge in [0.25, 0.3) is 0 Å². The second kappa shape index (κ2) is 10.3. The Morgan fingerprint density at radius 1 is 0.889 bits per heavy atom. The van der Waals surface area contributed by atoms with Crippen molar-refractivity contribution in [2.45, 2.75) is 100 Å². The Morgan fingerprint density at radius 2 is 1.26 bits per heavy atom. The van der Waals surface area contributed by atoms with E-state index in [0.29, 0.717) is 21.9 Å². The fourth-order valence-electron chi connectivity index (χ4n) is 2.63. The molecular formula is C20H43Br2ClO2Si2. The molecule has 2 nitrogen and oxygen atoms in total. The van der Waals surface area contributed by atoms with Crippen LogP contribution in [0.15, 0.2) is 0 Å². The van der Waals surface area contributed by atoms with Crippen molar-refractivity contribution in [3.63, 3.8) is 0 Å². The van der Waals surface area contributed by atoms with Gasteiger partial charge in [0, 0.05) is 12.5 Å². The highest BCUT2D eigenvalue weighted by Crippen LogP contribution is 2.65. The van der Waals surface area contributed by atoms with Gasteiger partial charge in [-0.3, -0.25) is 0 Å². The Bertz CT molecular complexity index is 434. The van der Waals surface area contributed by atoms with Crippen molar-refractivity contribution in [2.75, 3.05) is 12.5 Å². The monoisotopic (exact) mass is 564 g/mol. The number of aliphatic hydroxyl groups excluding tert-OH is 1. The first kappa shape index (κ1) is 28.6. The van der Waals surface area contributed by atoms with Crippen LogP contribution in [0.2, 0.25) is 36.3 Å². The molecular weight excluding hydrogens is 524 g/mol. The molecule has 0 spiro atoms. The molecule has 0 heterocycles. The van der Waals surface area contributed by atoms with Crippen LogP contribution in [0.4, 0.5) is 0 Å². The van der Waals surface area contributed by atoms with Crippen LogP contribution in [-0.4, -0.2) is 37.5 Å². The Kier molecular flexibility index (Phi) is 10.9. The Balaban J connectivity index is 0.000000511. The van der Waals surface area contributed by atoms with Crippen LogP contribution in [0.1, 0.15) is 60.8 Å². The van der Waals surface area contributed by atoms with E-state index in [-0.39, 0.29) is 9.84 Å². The second-order valence-electron chi connectivity index (χ2n) is 10.9. The van der Waals surface area contributed by atoms with E-state index in [9.17, 15) is 0 Å². The van der Waals surface area contributed by atoms with Gasteiger partial charge in [0.15, 0.2) is 16.6 Å². The number of aliphatic hydroxyl groups is 1. The predicted molar refractivity (Wildman–Crippen MR) is 135 cm³/mol. The van der Waals surface area contributed by atoms with Crippen LogP contribution < -0.4 is 0 Å². The SMILES string of the molecule is CC(C)(C)[Si](C)(C)O[Si](C)(C)C(C)(C)C.OCC[C@@H]1[C@H](CCCCl)C1(Br)Br. The lowest BCUT2D eigenvalue weighted by Crippen LogP contribution is -2.53. The number of alkyl halides is 3. The maximum Gasteiger partial charge on any atom is 0.178 e. The highest BCUT2D eigenvalue weighted by Gasteiger charge is 2.60. The molecule has 1 fully saturated rings. The van der Waals surface area contributed by atoms with Crippen LogP contribution in [0.5, 0.6) is 0 Å². The second-order valence-corrected chi connectivity index (χ2v) is 24.8. The van der Waals surface area contributed by atoms with Gasteiger partial charge in [-0.25, -0.2) is 0 Å². The molecule has 0 aromatic heterocycles. The fraction of sp³-hybridized carbons (Fsp3) is 1.00. The maximum absolute atomic E-state index is 8.78. The van der Waals surface area contributed by atoms with Crippen molar-refractivity contribution in [3.05, 3.63) is 0 Å². The van der Waals surface area contributed by atoms with Gasteiger partial charge in [0.2, 0.25) is 0 Å². The fourth-order valence-corrected chi connectivity index (χ4v) is 12.3. The number of rotatable bonds is 7. The third-order valence-corrected chi connectivity index (χ3v) is 20.5. The predicted octanol–water partition coefficient (Wildman–Crippen LogP) is 8.13. The van der Waals surface area contributed by atoms with E-state index in [2.05, 4.69) is 99.6 Å². The third kappa shape index (κ3) is 8.33. The lowest BCUT2D eigenvalue weighted by atomic mass is 10.2. The Labute approximate surface area is 193 Å². The van der Waals surface area contributed by atoms with Crippen LogP contribution in [-0.2, 0) is 4.12 Å². The van der Waals surface area contributed by atoms with Crippen LogP contribution >= 0.6 is 43.5 Å². The third-order valence-electron chi connectivity index (χ3n) is 6.58. The molecule has 0 saturated heterocycles. The molecule has 1 rings (SSSR count). The standard InChI is InChI=1S/C12H30OSi2.C8H13Br2ClO/c1-11(2,3)14(7,8)13-15(9,10)12(4,5)6;9-8(10)6(2-1-4-11)7(8)3-5-12/h1-10H3;6-7,12H,1-5H2/t;6-,7+/m.0/s1. The summed E-state index contributed by atoms with van der Waals surface area (Å²) < 4.78 is 6.72. The van der Waals surface area contributed by atoms with E-state index >= 15 is 0 Å². The molecule has 0 amide bonds. The summed E-state index contributed by atoms with van der Waals surface area (Å²) in [5.41, 5.74) is 0. The van der Waals surface area contributed by atoms with Crippen LogP contribution in [0.3, 0.4) is 0 Å². The van der Waals surface area contributed by atoms with Crippen molar-refractivity contribution < 1.29 is 9.22 Å². The van der Waals surface area contributed by atoms with Gasteiger partial charge in [-0.1, -0.05) is 73.4 Å². The van der Waals surface area contributed by atoms with Gasteiger partial charge in [0.05, 0.1) is 3.23 Å². The minimum atomic E-state index is -1.59. The maximum atomic E-state index is 8.78. The molecule has 27 heavy (non-hydrogen) atoms. The van der Waals surface area contributed by atoms with Crippen molar-refractivity contribution in [3.8, 4) is 0 Å². The minimum Gasteiger partial charge on any atom is -0.455 e. The Hall–Kier alpha value is 1.60. The molecule has 0 aromatic rings. The molecule has 1 saturated carbocycles. The quantitative estimate of drug-likeness (QED) is 0.249. The largest absolute Gasteiger partial charge is 0.455 e. The summed E-state index contributed by atoms with van der Waals surface area (Å²) in [7, 11) is -3.18. The lowest BCUT2D eigenvalue weighted by molar-refractivity contribution is 0.276. The Morgan fingerprint density at radius 3 is 1.56 bits per heavy atom. The van der Waals surface area contributed by atoms with Crippen molar-refractivity contribution in [1.82, 2.24) is 0 Å². The highest BCUT2D eigenvalue weighted by atomic mass is 79.9. The van der Waals surface area contributed by atoms with Gasteiger partial charge in [-0.15, -0.1) is 11.6 Å². The van der Waals surface area contributed by atoms with Gasteiger partial charge in [0.1, 0.15) is 0 Å². The van der Waals surface area contributed by atoms with Crippen molar-refractivity contribution in [2.24, 2.45) is 11.8 Å². The van der Waals surface area contributed by atoms with Gasteiger partial charge >= 0.3 is 0 Å². The van der Waals surface area contributed by atoms with E-state index in [1.54, 1.807) is 0 Å². The normalized spacial score (nSPS) is 22.9. The lowest BCUT2D eigenvalue weighted by Gasteiger charge is -2.47. The van der Waals surface area contributed by atoms with E-state index in [1.165, 1.54) is 0 Å². The summed E-state index contributed by atoms with van der Waals surface area (Å²) in [6, 6.07) is 0. The van der Waals surface area contributed by atoms with E-state index in [0.717, 1.165) is 25.1 Å². The first-order valence-electron chi connectivity index (χ1n) is 10.1. The van der Waals surface area contributed by atoms with Crippen LogP contribution in [0, 0.1) is 11.8 Å². The topological polar surface area (TPSA) is 29.5 Å². The molecule has 1 N–H and O–H groups in total. The van der Waals surface area contributed by atoms with Crippen LogP contribution in [0.25, 0.3) is 0 Å².